The fourth-order valence-electron chi connectivity index (χ4n) is 0.878. The van der Waals surface area contributed by atoms with E-state index in [4.69, 9.17) is 4.74 Å². The molecule has 1 aromatic carbocycles. The monoisotopic (exact) mass is 190 g/mol. The van der Waals surface area contributed by atoms with Gasteiger partial charge in [0.05, 0.1) is 0 Å². The van der Waals surface area contributed by atoms with Gasteiger partial charge in [0.15, 0.2) is 0 Å². The summed E-state index contributed by atoms with van der Waals surface area (Å²) in [4.78, 5) is 9.94. The molecule has 1 radical (unpaired) electrons. The second-order valence-electron chi connectivity index (χ2n) is 2.40. The van der Waals surface area contributed by atoms with Crippen molar-refractivity contribution in [3.8, 4) is 11.8 Å². The second kappa shape index (κ2) is 3.78. The van der Waals surface area contributed by atoms with E-state index in [0.29, 0.717) is 5.75 Å². The molecule has 1 aromatic heterocycles. The molecule has 0 amide bonds. The first kappa shape index (κ1) is 8.55. The molecule has 0 atom stereocenters. The fourth-order valence-corrected chi connectivity index (χ4v) is 0.878. The standard InChI is InChI=1S/C9H5FN3O/c10-8-11-6-12-9(13-8)14-7-4-2-1-3-5-7/h1-5H. The zero-order valence-corrected chi connectivity index (χ0v) is 7.01. The SMILES string of the molecule is Fc1n[c]nc(Oc2ccccc2)n1. The van der Waals surface area contributed by atoms with Gasteiger partial charge in [-0.3, -0.25) is 0 Å². The van der Waals surface area contributed by atoms with Gasteiger partial charge in [-0.15, -0.1) is 4.98 Å². The molecule has 14 heavy (non-hydrogen) atoms. The zero-order valence-electron chi connectivity index (χ0n) is 7.01. The molecule has 0 N–H and O–H groups in total. The van der Waals surface area contributed by atoms with Gasteiger partial charge in [-0.2, -0.15) is 14.4 Å². The number of halogens is 1. The van der Waals surface area contributed by atoms with Gasteiger partial charge in [0, 0.05) is 0 Å². The topological polar surface area (TPSA) is 47.9 Å². The first-order chi connectivity index (χ1) is 6.84. The summed E-state index contributed by atoms with van der Waals surface area (Å²) in [6, 6.07) is 8.73. The molecule has 0 aliphatic rings. The predicted octanol–water partition coefficient (Wildman–Crippen LogP) is 1.60. The van der Waals surface area contributed by atoms with E-state index in [1.54, 1.807) is 24.3 Å². The Bertz CT molecular complexity index is 421. The van der Waals surface area contributed by atoms with E-state index in [9.17, 15) is 4.39 Å². The number of ether oxygens (including phenoxy) is 1. The zero-order chi connectivity index (χ0) is 9.80. The van der Waals surface area contributed by atoms with E-state index in [-0.39, 0.29) is 6.01 Å². The third-order valence-corrected chi connectivity index (χ3v) is 1.43. The molecule has 0 saturated heterocycles. The first-order valence-corrected chi connectivity index (χ1v) is 3.85. The van der Waals surface area contributed by atoms with E-state index >= 15 is 0 Å². The minimum atomic E-state index is -0.911. The lowest BCUT2D eigenvalue weighted by Crippen LogP contribution is -1.96. The lowest BCUT2D eigenvalue weighted by atomic mass is 10.3. The molecule has 2 rings (SSSR count). The summed E-state index contributed by atoms with van der Waals surface area (Å²) >= 11 is 0. The molecule has 69 valence electrons. The van der Waals surface area contributed by atoms with E-state index in [2.05, 4.69) is 21.3 Å². The van der Waals surface area contributed by atoms with E-state index < -0.39 is 6.08 Å². The lowest BCUT2D eigenvalue weighted by Gasteiger charge is -2.00. The molecule has 2 aromatic rings. The van der Waals surface area contributed by atoms with Crippen molar-refractivity contribution in [2.24, 2.45) is 0 Å². The fraction of sp³-hybridized carbons (Fsp3) is 0. The Kier molecular flexibility index (Phi) is 2.31. The van der Waals surface area contributed by atoms with Crippen LogP contribution in [0.2, 0.25) is 0 Å². The Hall–Kier alpha value is -2.04. The molecular weight excluding hydrogens is 185 g/mol. The van der Waals surface area contributed by atoms with Crippen LogP contribution in [-0.4, -0.2) is 15.0 Å². The van der Waals surface area contributed by atoms with E-state index in [0.717, 1.165) is 0 Å². The second-order valence-corrected chi connectivity index (χ2v) is 2.40. The molecule has 0 unspecified atom stereocenters. The summed E-state index contributed by atoms with van der Waals surface area (Å²) < 4.78 is 17.6. The van der Waals surface area contributed by atoms with Gasteiger partial charge in [0.2, 0.25) is 6.33 Å². The van der Waals surface area contributed by atoms with Crippen LogP contribution in [0.1, 0.15) is 0 Å². The lowest BCUT2D eigenvalue weighted by molar-refractivity contribution is 0.412. The minimum absolute atomic E-state index is 0.108. The third kappa shape index (κ3) is 2.01. The molecule has 1 heterocycles. The average Bonchev–Trinajstić information content (AvgIpc) is 2.19. The summed E-state index contributed by atoms with van der Waals surface area (Å²) in [5.74, 6) is 0.534. The van der Waals surface area contributed by atoms with Crippen molar-refractivity contribution in [1.29, 1.82) is 0 Å². The number of hydrogen-bond acceptors (Lipinski definition) is 4. The van der Waals surface area contributed by atoms with Crippen LogP contribution < -0.4 is 4.74 Å². The molecule has 0 aliphatic carbocycles. The summed E-state index contributed by atoms with van der Waals surface area (Å²) in [6.07, 6.45) is 1.18. The smallest absolute Gasteiger partial charge is 0.328 e. The van der Waals surface area contributed by atoms with Crippen LogP contribution in [0.25, 0.3) is 0 Å². The number of hydrogen-bond donors (Lipinski definition) is 0. The van der Waals surface area contributed by atoms with Crippen LogP contribution in [0, 0.1) is 12.4 Å². The molecular formula is C9H5FN3O. The third-order valence-electron chi connectivity index (χ3n) is 1.43. The number of rotatable bonds is 2. The van der Waals surface area contributed by atoms with Crippen molar-refractivity contribution >= 4 is 0 Å². The van der Waals surface area contributed by atoms with Gasteiger partial charge in [-0.05, 0) is 12.1 Å². The van der Waals surface area contributed by atoms with E-state index in [1.807, 2.05) is 6.07 Å². The van der Waals surface area contributed by atoms with Crippen LogP contribution in [0.5, 0.6) is 11.8 Å². The molecule has 0 spiro atoms. The van der Waals surface area contributed by atoms with Gasteiger partial charge in [0.1, 0.15) is 5.75 Å². The summed E-state index contributed by atoms with van der Waals surface area (Å²) in [6.45, 7) is 0. The van der Waals surface area contributed by atoms with Crippen LogP contribution >= 0.6 is 0 Å². The Morgan fingerprint density at radius 3 is 2.64 bits per heavy atom. The Morgan fingerprint density at radius 2 is 1.93 bits per heavy atom. The maximum Gasteiger partial charge on any atom is 0.328 e. The van der Waals surface area contributed by atoms with Crippen LogP contribution in [0.15, 0.2) is 30.3 Å². The van der Waals surface area contributed by atoms with Crippen molar-refractivity contribution in [1.82, 2.24) is 15.0 Å². The molecule has 0 aliphatic heterocycles. The Labute approximate surface area is 79.4 Å². The normalized spacial score (nSPS) is 9.79. The van der Waals surface area contributed by atoms with Gasteiger partial charge in [-0.25, -0.2) is 0 Å². The molecule has 0 fully saturated rings. The summed E-state index contributed by atoms with van der Waals surface area (Å²) in [5, 5.41) is 0. The van der Waals surface area contributed by atoms with Gasteiger partial charge in [0.25, 0.3) is 0 Å². The summed E-state index contributed by atoms with van der Waals surface area (Å²) in [5.41, 5.74) is 0. The number of aromatic nitrogens is 3. The average molecular weight is 190 g/mol. The number of para-hydroxylation sites is 1. The maximum absolute atomic E-state index is 12.5. The number of nitrogens with zero attached hydrogens (tertiary/aromatic N) is 3. The van der Waals surface area contributed by atoms with Crippen molar-refractivity contribution in [2.45, 2.75) is 0 Å². The van der Waals surface area contributed by atoms with Gasteiger partial charge < -0.3 is 4.74 Å². The molecule has 0 saturated carbocycles. The molecule has 4 nitrogen and oxygen atoms in total. The quantitative estimate of drug-likeness (QED) is 0.721. The molecule has 0 bridgehead atoms. The van der Waals surface area contributed by atoms with Crippen LogP contribution in [0.3, 0.4) is 0 Å². The van der Waals surface area contributed by atoms with E-state index in [1.165, 1.54) is 0 Å². The van der Waals surface area contributed by atoms with Crippen molar-refractivity contribution in [3.63, 3.8) is 0 Å². The Morgan fingerprint density at radius 1 is 1.14 bits per heavy atom. The van der Waals surface area contributed by atoms with Crippen molar-refractivity contribution < 1.29 is 9.13 Å². The van der Waals surface area contributed by atoms with Crippen molar-refractivity contribution in [2.75, 3.05) is 0 Å². The minimum Gasteiger partial charge on any atom is -0.424 e. The maximum atomic E-state index is 12.5. The van der Waals surface area contributed by atoms with Crippen molar-refractivity contribution in [3.05, 3.63) is 42.7 Å². The van der Waals surface area contributed by atoms with Crippen LogP contribution in [0.4, 0.5) is 4.39 Å². The first-order valence-electron chi connectivity index (χ1n) is 3.85. The van der Waals surface area contributed by atoms with Gasteiger partial charge >= 0.3 is 12.1 Å². The largest absolute Gasteiger partial charge is 0.424 e. The summed E-state index contributed by atoms with van der Waals surface area (Å²) in [7, 11) is 0. The van der Waals surface area contributed by atoms with Gasteiger partial charge in [-0.1, -0.05) is 18.2 Å². The highest BCUT2D eigenvalue weighted by molar-refractivity contribution is 5.23. The highest BCUT2D eigenvalue weighted by atomic mass is 19.1. The highest BCUT2D eigenvalue weighted by Gasteiger charge is 2.01. The highest BCUT2D eigenvalue weighted by Crippen LogP contribution is 2.15. The van der Waals surface area contributed by atoms with Crippen LogP contribution in [-0.2, 0) is 0 Å². The number of benzene rings is 1. The molecule has 5 heteroatoms. The predicted molar refractivity (Wildman–Crippen MR) is 45.1 cm³/mol. The Balaban J connectivity index is 2.19.